The van der Waals surface area contributed by atoms with Crippen molar-refractivity contribution < 1.29 is 14.4 Å². The Morgan fingerprint density at radius 1 is 0.778 bits per heavy atom. The number of hydrogen-bond donors (Lipinski definition) is 4. The highest BCUT2D eigenvalue weighted by atomic mass is 32.1. The lowest BCUT2D eigenvalue weighted by Gasteiger charge is -2.11. The third kappa shape index (κ3) is 7.66. The lowest BCUT2D eigenvalue weighted by Crippen LogP contribution is -2.48. The lowest BCUT2D eigenvalue weighted by atomic mass is 10.2. The second-order valence-electron chi connectivity index (χ2n) is 5.58. The molecule has 27 heavy (non-hydrogen) atoms. The van der Waals surface area contributed by atoms with E-state index in [0.717, 1.165) is 5.56 Å². The van der Waals surface area contributed by atoms with Crippen LogP contribution in [0.15, 0.2) is 60.7 Å². The maximum atomic E-state index is 11.9. The van der Waals surface area contributed by atoms with Crippen LogP contribution in [0.3, 0.4) is 0 Å². The zero-order valence-electron chi connectivity index (χ0n) is 14.5. The first-order valence-electron chi connectivity index (χ1n) is 8.30. The van der Waals surface area contributed by atoms with Gasteiger partial charge < -0.3 is 5.32 Å². The number of amides is 3. The number of hydrogen-bond acceptors (Lipinski definition) is 4. The van der Waals surface area contributed by atoms with E-state index >= 15 is 0 Å². The molecule has 0 saturated carbocycles. The fraction of sp³-hybridized carbons (Fsp3) is 0.158. The molecule has 0 spiro atoms. The summed E-state index contributed by atoms with van der Waals surface area (Å²) in [4.78, 5) is 35.4. The summed E-state index contributed by atoms with van der Waals surface area (Å²) in [5.74, 6) is -1.03. The fourth-order valence-corrected chi connectivity index (χ4v) is 2.24. The quantitative estimate of drug-likeness (QED) is 0.446. The normalized spacial score (nSPS) is 9.78. The molecule has 0 fully saturated rings. The van der Waals surface area contributed by atoms with E-state index in [-0.39, 0.29) is 29.8 Å². The van der Waals surface area contributed by atoms with Crippen molar-refractivity contribution >= 4 is 35.1 Å². The Balaban J connectivity index is 1.61. The molecule has 2 aromatic rings. The van der Waals surface area contributed by atoms with Crippen molar-refractivity contribution in [2.24, 2.45) is 0 Å². The Labute approximate surface area is 162 Å². The molecule has 0 heterocycles. The van der Waals surface area contributed by atoms with Crippen LogP contribution in [0.5, 0.6) is 0 Å². The van der Waals surface area contributed by atoms with Gasteiger partial charge in [-0.25, -0.2) is 0 Å². The van der Waals surface area contributed by atoms with Crippen molar-refractivity contribution in [3.8, 4) is 0 Å². The van der Waals surface area contributed by atoms with Crippen LogP contribution in [0, 0.1) is 0 Å². The van der Waals surface area contributed by atoms with Crippen molar-refractivity contribution in [2.75, 3.05) is 0 Å². The van der Waals surface area contributed by atoms with Crippen molar-refractivity contribution in [3.05, 3.63) is 71.8 Å². The number of hydrazine groups is 1. The highest BCUT2D eigenvalue weighted by Crippen LogP contribution is 1.99. The van der Waals surface area contributed by atoms with Gasteiger partial charge in [0.2, 0.25) is 11.8 Å². The number of carbonyl (C=O) groups is 3. The molecule has 2 rings (SSSR count). The van der Waals surface area contributed by atoms with Crippen molar-refractivity contribution in [2.45, 2.75) is 19.4 Å². The second kappa shape index (κ2) is 10.7. The first-order valence-corrected chi connectivity index (χ1v) is 8.71. The van der Waals surface area contributed by atoms with Crippen LogP contribution in [-0.4, -0.2) is 22.8 Å². The number of benzene rings is 2. The van der Waals surface area contributed by atoms with E-state index < -0.39 is 5.91 Å². The Kier molecular flexibility index (Phi) is 7.92. The third-order valence-corrected chi connectivity index (χ3v) is 3.69. The summed E-state index contributed by atoms with van der Waals surface area (Å²) in [5, 5.41) is 5.15. The van der Waals surface area contributed by atoms with Crippen molar-refractivity contribution in [1.29, 1.82) is 0 Å². The largest absolute Gasteiger partial charge is 0.352 e. The van der Waals surface area contributed by atoms with Gasteiger partial charge in [-0.3, -0.25) is 30.6 Å². The van der Waals surface area contributed by atoms with Crippen LogP contribution in [0.1, 0.15) is 28.8 Å². The van der Waals surface area contributed by atoms with Crippen molar-refractivity contribution in [3.63, 3.8) is 0 Å². The van der Waals surface area contributed by atoms with E-state index in [1.165, 1.54) is 0 Å². The highest BCUT2D eigenvalue weighted by Gasteiger charge is 2.09. The summed E-state index contributed by atoms with van der Waals surface area (Å²) >= 11 is 4.94. The van der Waals surface area contributed by atoms with Gasteiger partial charge in [0.05, 0.1) is 0 Å². The highest BCUT2D eigenvalue weighted by molar-refractivity contribution is 7.80. The van der Waals surface area contributed by atoms with Crippen LogP contribution >= 0.6 is 12.2 Å². The molecule has 8 heteroatoms. The van der Waals surface area contributed by atoms with Gasteiger partial charge in [0.15, 0.2) is 5.11 Å². The number of thiocarbonyl (C=S) groups is 1. The van der Waals surface area contributed by atoms with Gasteiger partial charge >= 0.3 is 0 Å². The zero-order chi connectivity index (χ0) is 19.5. The fourth-order valence-electron chi connectivity index (χ4n) is 2.10. The van der Waals surface area contributed by atoms with Gasteiger partial charge in [-0.15, -0.1) is 0 Å². The summed E-state index contributed by atoms with van der Waals surface area (Å²) in [5.41, 5.74) is 6.21. The second-order valence-corrected chi connectivity index (χ2v) is 5.99. The van der Waals surface area contributed by atoms with E-state index in [4.69, 9.17) is 12.2 Å². The topological polar surface area (TPSA) is 99.3 Å². The van der Waals surface area contributed by atoms with Crippen molar-refractivity contribution in [1.82, 2.24) is 21.5 Å². The Morgan fingerprint density at radius 2 is 1.37 bits per heavy atom. The summed E-state index contributed by atoms with van der Waals surface area (Å²) in [6.07, 6.45) is 0.0341. The van der Waals surface area contributed by atoms with Gasteiger partial charge in [-0.05, 0) is 29.9 Å². The van der Waals surface area contributed by atoms with Gasteiger partial charge in [0.1, 0.15) is 0 Å². The maximum Gasteiger partial charge on any atom is 0.257 e. The van der Waals surface area contributed by atoms with Crippen LogP contribution < -0.4 is 21.5 Å². The van der Waals surface area contributed by atoms with E-state index in [1.807, 2.05) is 30.3 Å². The molecule has 0 aliphatic carbocycles. The zero-order valence-corrected chi connectivity index (χ0v) is 15.3. The summed E-state index contributed by atoms with van der Waals surface area (Å²) in [7, 11) is 0. The van der Waals surface area contributed by atoms with E-state index in [0.29, 0.717) is 12.1 Å². The minimum Gasteiger partial charge on any atom is -0.352 e. The molecule has 0 aliphatic heterocycles. The maximum absolute atomic E-state index is 11.9. The van der Waals surface area contributed by atoms with E-state index in [2.05, 4.69) is 21.5 Å². The standard InChI is InChI=1S/C19H20N4O3S/c24-16(20-13-14-7-3-1-4-8-14)11-12-17(25)22-23-19(27)21-18(26)15-9-5-2-6-10-15/h1-10H,11-13H2,(H,20,24)(H,22,25)(H2,21,23,26,27). The smallest absolute Gasteiger partial charge is 0.257 e. The minimum absolute atomic E-state index is 0.0110. The molecule has 7 nitrogen and oxygen atoms in total. The average molecular weight is 384 g/mol. The van der Waals surface area contributed by atoms with Crippen LogP contribution in [0.4, 0.5) is 0 Å². The molecule has 0 saturated heterocycles. The molecule has 0 aromatic heterocycles. The Hall–Kier alpha value is -3.26. The molecule has 3 amide bonds. The summed E-state index contributed by atoms with van der Waals surface area (Å²) < 4.78 is 0. The summed E-state index contributed by atoms with van der Waals surface area (Å²) in [6.45, 7) is 0.412. The first kappa shape index (κ1) is 20.1. The number of rotatable bonds is 6. The van der Waals surface area contributed by atoms with Crippen LogP contribution in [0.25, 0.3) is 0 Å². The molecular formula is C19H20N4O3S. The SMILES string of the molecule is O=C(CCC(=O)NNC(=S)NC(=O)c1ccccc1)NCc1ccccc1. The molecule has 4 N–H and O–H groups in total. The van der Waals surface area contributed by atoms with E-state index in [9.17, 15) is 14.4 Å². The monoisotopic (exact) mass is 384 g/mol. The predicted octanol–water partition coefficient (Wildman–Crippen LogP) is 1.42. The molecule has 0 radical (unpaired) electrons. The Morgan fingerprint density at radius 3 is 2.04 bits per heavy atom. The van der Waals surface area contributed by atoms with Gasteiger partial charge in [0, 0.05) is 24.9 Å². The number of carbonyl (C=O) groups excluding carboxylic acids is 3. The van der Waals surface area contributed by atoms with Crippen LogP contribution in [-0.2, 0) is 16.1 Å². The number of nitrogens with one attached hydrogen (secondary N) is 4. The molecular weight excluding hydrogens is 364 g/mol. The van der Waals surface area contributed by atoms with Gasteiger partial charge in [0.25, 0.3) is 5.91 Å². The van der Waals surface area contributed by atoms with Gasteiger partial charge in [-0.1, -0.05) is 48.5 Å². The molecule has 2 aromatic carbocycles. The van der Waals surface area contributed by atoms with Gasteiger partial charge in [-0.2, -0.15) is 0 Å². The van der Waals surface area contributed by atoms with E-state index in [1.54, 1.807) is 30.3 Å². The molecule has 0 unspecified atom stereocenters. The lowest BCUT2D eigenvalue weighted by molar-refractivity contribution is -0.126. The molecule has 140 valence electrons. The average Bonchev–Trinajstić information content (AvgIpc) is 2.70. The summed E-state index contributed by atoms with van der Waals surface area (Å²) in [6, 6.07) is 18.0. The minimum atomic E-state index is -0.416. The third-order valence-electron chi connectivity index (χ3n) is 3.49. The predicted molar refractivity (Wildman–Crippen MR) is 105 cm³/mol. The first-order chi connectivity index (χ1) is 13.0. The molecule has 0 bridgehead atoms. The molecule has 0 atom stereocenters. The molecule has 0 aliphatic rings. The van der Waals surface area contributed by atoms with Crippen LogP contribution in [0.2, 0.25) is 0 Å². The Bertz CT molecular complexity index is 797.